The van der Waals surface area contributed by atoms with Crippen LogP contribution in [0.3, 0.4) is 0 Å². The van der Waals surface area contributed by atoms with Gasteiger partial charge in [0.15, 0.2) is 0 Å². The Bertz CT molecular complexity index is 297. The van der Waals surface area contributed by atoms with E-state index in [0.717, 1.165) is 0 Å². The SMILES string of the molecule is CC(C)C(N)c1cc(I)ccc1I. The first kappa shape index (κ1) is 11.7. The molecule has 0 aliphatic rings. The van der Waals surface area contributed by atoms with Crippen LogP contribution in [-0.4, -0.2) is 0 Å². The summed E-state index contributed by atoms with van der Waals surface area (Å²) in [5.74, 6) is 0.492. The van der Waals surface area contributed by atoms with Crippen molar-refractivity contribution in [2.45, 2.75) is 19.9 Å². The van der Waals surface area contributed by atoms with Crippen molar-refractivity contribution in [1.82, 2.24) is 0 Å². The molecular weight excluding hydrogens is 388 g/mol. The maximum atomic E-state index is 6.10. The fraction of sp³-hybridized carbons (Fsp3) is 0.400. The Morgan fingerprint density at radius 1 is 1.23 bits per heavy atom. The molecule has 0 bridgehead atoms. The van der Waals surface area contributed by atoms with Crippen molar-refractivity contribution in [3.05, 3.63) is 30.9 Å². The van der Waals surface area contributed by atoms with Gasteiger partial charge in [-0.3, -0.25) is 0 Å². The molecular formula is C10H13I2N. The highest BCUT2D eigenvalue weighted by Crippen LogP contribution is 2.25. The largest absolute Gasteiger partial charge is 0.324 e. The molecule has 3 heteroatoms. The monoisotopic (exact) mass is 401 g/mol. The van der Waals surface area contributed by atoms with Crippen molar-refractivity contribution >= 4 is 45.2 Å². The van der Waals surface area contributed by atoms with Crippen molar-refractivity contribution in [2.24, 2.45) is 11.7 Å². The smallest absolute Gasteiger partial charge is 0.0329 e. The summed E-state index contributed by atoms with van der Waals surface area (Å²) in [7, 11) is 0. The van der Waals surface area contributed by atoms with Crippen LogP contribution in [-0.2, 0) is 0 Å². The lowest BCUT2D eigenvalue weighted by Gasteiger charge is -2.17. The maximum Gasteiger partial charge on any atom is 0.0329 e. The van der Waals surface area contributed by atoms with Crippen LogP contribution in [0.15, 0.2) is 18.2 Å². The minimum Gasteiger partial charge on any atom is -0.324 e. The number of rotatable bonds is 2. The summed E-state index contributed by atoms with van der Waals surface area (Å²) < 4.78 is 2.52. The molecule has 1 aromatic rings. The predicted molar refractivity (Wildman–Crippen MR) is 73.6 cm³/mol. The molecule has 0 aromatic heterocycles. The second-order valence-corrected chi connectivity index (χ2v) is 5.84. The first-order chi connectivity index (χ1) is 6.02. The van der Waals surface area contributed by atoms with Gasteiger partial charge in [-0.25, -0.2) is 0 Å². The molecule has 1 nitrogen and oxygen atoms in total. The van der Waals surface area contributed by atoms with Crippen LogP contribution < -0.4 is 5.73 Å². The van der Waals surface area contributed by atoms with E-state index in [9.17, 15) is 0 Å². The highest BCUT2D eigenvalue weighted by atomic mass is 127. The Morgan fingerprint density at radius 3 is 2.38 bits per heavy atom. The molecule has 0 saturated heterocycles. The molecule has 0 amide bonds. The Hall–Kier alpha value is 0.640. The average molecular weight is 401 g/mol. The first-order valence-corrected chi connectivity index (χ1v) is 6.38. The van der Waals surface area contributed by atoms with Gasteiger partial charge in [0.2, 0.25) is 0 Å². The third kappa shape index (κ3) is 3.06. The predicted octanol–water partition coefficient (Wildman–Crippen LogP) is 3.55. The van der Waals surface area contributed by atoms with Crippen LogP contribution >= 0.6 is 45.2 Å². The van der Waals surface area contributed by atoms with E-state index in [2.05, 4.69) is 77.2 Å². The summed E-state index contributed by atoms with van der Waals surface area (Å²) in [4.78, 5) is 0. The lowest BCUT2D eigenvalue weighted by molar-refractivity contribution is 0.512. The van der Waals surface area contributed by atoms with E-state index in [1.165, 1.54) is 12.7 Å². The highest BCUT2D eigenvalue weighted by Gasteiger charge is 2.13. The molecule has 1 aromatic carbocycles. The zero-order valence-electron chi connectivity index (χ0n) is 7.72. The van der Waals surface area contributed by atoms with E-state index < -0.39 is 0 Å². The Labute approximate surface area is 107 Å². The van der Waals surface area contributed by atoms with Gasteiger partial charge in [0.25, 0.3) is 0 Å². The molecule has 0 radical (unpaired) electrons. The molecule has 0 fully saturated rings. The Balaban J connectivity index is 3.05. The fourth-order valence-electron chi connectivity index (χ4n) is 1.13. The van der Waals surface area contributed by atoms with Crippen LogP contribution in [0, 0.1) is 13.1 Å². The molecule has 1 atom stereocenters. The van der Waals surface area contributed by atoms with Gasteiger partial charge in [-0.15, -0.1) is 0 Å². The van der Waals surface area contributed by atoms with Crippen molar-refractivity contribution < 1.29 is 0 Å². The molecule has 0 spiro atoms. The first-order valence-electron chi connectivity index (χ1n) is 4.23. The van der Waals surface area contributed by atoms with E-state index >= 15 is 0 Å². The minimum atomic E-state index is 0.154. The zero-order chi connectivity index (χ0) is 10.0. The maximum absolute atomic E-state index is 6.10. The topological polar surface area (TPSA) is 26.0 Å². The van der Waals surface area contributed by atoms with E-state index in [0.29, 0.717) is 5.92 Å². The number of halogens is 2. The van der Waals surface area contributed by atoms with Gasteiger partial charge >= 0.3 is 0 Å². The third-order valence-electron chi connectivity index (χ3n) is 2.04. The second kappa shape index (κ2) is 4.93. The van der Waals surface area contributed by atoms with E-state index in [1.807, 2.05) is 0 Å². The van der Waals surface area contributed by atoms with Crippen molar-refractivity contribution in [2.75, 3.05) is 0 Å². The van der Waals surface area contributed by atoms with Gasteiger partial charge in [-0.05, 0) is 74.9 Å². The van der Waals surface area contributed by atoms with Gasteiger partial charge < -0.3 is 5.73 Å². The molecule has 0 aliphatic heterocycles. The van der Waals surface area contributed by atoms with Crippen molar-refractivity contribution in [3.8, 4) is 0 Å². The minimum absolute atomic E-state index is 0.154. The molecule has 0 saturated carbocycles. The van der Waals surface area contributed by atoms with E-state index in [1.54, 1.807) is 0 Å². The van der Waals surface area contributed by atoms with E-state index in [-0.39, 0.29) is 6.04 Å². The molecule has 72 valence electrons. The molecule has 2 N–H and O–H groups in total. The summed E-state index contributed by atoms with van der Waals surface area (Å²) in [5, 5.41) is 0. The number of hydrogen-bond donors (Lipinski definition) is 1. The van der Waals surface area contributed by atoms with Gasteiger partial charge in [-0.2, -0.15) is 0 Å². The fourth-order valence-corrected chi connectivity index (χ4v) is 2.34. The van der Waals surface area contributed by atoms with Crippen LogP contribution in [0.5, 0.6) is 0 Å². The average Bonchev–Trinajstić information content (AvgIpc) is 2.08. The summed E-state index contributed by atoms with van der Waals surface area (Å²) in [6.45, 7) is 4.31. The summed E-state index contributed by atoms with van der Waals surface area (Å²) in [5.41, 5.74) is 7.37. The van der Waals surface area contributed by atoms with Crippen LogP contribution in [0.1, 0.15) is 25.5 Å². The van der Waals surface area contributed by atoms with E-state index in [4.69, 9.17) is 5.73 Å². The standard InChI is InChI=1S/C10H13I2N/c1-6(2)10(13)8-5-7(11)3-4-9(8)12/h3-6,10H,13H2,1-2H3. The van der Waals surface area contributed by atoms with Crippen LogP contribution in [0.4, 0.5) is 0 Å². The van der Waals surface area contributed by atoms with Gasteiger partial charge in [0.05, 0.1) is 0 Å². The highest BCUT2D eigenvalue weighted by molar-refractivity contribution is 14.1. The molecule has 1 unspecified atom stereocenters. The van der Waals surface area contributed by atoms with Crippen LogP contribution in [0.2, 0.25) is 0 Å². The third-order valence-corrected chi connectivity index (χ3v) is 3.69. The summed E-state index contributed by atoms with van der Waals surface area (Å²) >= 11 is 4.66. The number of hydrogen-bond acceptors (Lipinski definition) is 1. The van der Waals surface area contributed by atoms with Crippen LogP contribution in [0.25, 0.3) is 0 Å². The number of benzene rings is 1. The van der Waals surface area contributed by atoms with Gasteiger partial charge in [-0.1, -0.05) is 13.8 Å². The van der Waals surface area contributed by atoms with Gasteiger partial charge in [0, 0.05) is 13.2 Å². The second-order valence-electron chi connectivity index (χ2n) is 3.44. The van der Waals surface area contributed by atoms with Gasteiger partial charge in [0.1, 0.15) is 0 Å². The normalized spacial score (nSPS) is 13.4. The quantitative estimate of drug-likeness (QED) is 0.755. The number of nitrogens with two attached hydrogens (primary N) is 1. The molecule has 0 heterocycles. The van der Waals surface area contributed by atoms with Crippen molar-refractivity contribution in [1.29, 1.82) is 0 Å². The summed E-state index contributed by atoms with van der Waals surface area (Å²) in [6, 6.07) is 6.56. The Morgan fingerprint density at radius 2 is 1.85 bits per heavy atom. The lowest BCUT2D eigenvalue weighted by Crippen LogP contribution is -2.18. The molecule has 13 heavy (non-hydrogen) atoms. The molecule has 0 aliphatic carbocycles. The lowest BCUT2D eigenvalue weighted by atomic mass is 9.97. The van der Waals surface area contributed by atoms with Crippen molar-refractivity contribution in [3.63, 3.8) is 0 Å². The zero-order valence-corrected chi connectivity index (χ0v) is 12.0. The Kier molecular flexibility index (Phi) is 4.44. The molecule has 1 rings (SSSR count). The summed E-state index contributed by atoms with van der Waals surface area (Å²) in [6.07, 6.45) is 0.